The van der Waals surface area contributed by atoms with Crippen LogP contribution in [0.5, 0.6) is 5.75 Å². The van der Waals surface area contributed by atoms with Gasteiger partial charge in [-0.3, -0.25) is 0 Å². The fraction of sp³-hybridized carbons (Fsp3) is 0.500. The first-order valence-corrected chi connectivity index (χ1v) is 6.32. The van der Waals surface area contributed by atoms with Crippen LogP contribution >= 0.6 is 15.9 Å². The molecule has 0 unspecified atom stereocenters. The summed E-state index contributed by atoms with van der Waals surface area (Å²) in [6.07, 6.45) is 2.04. The molecule has 16 heavy (non-hydrogen) atoms. The van der Waals surface area contributed by atoms with E-state index in [1.165, 1.54) is 12.1 Å². The monoisotopic (exact) mass is 289 g/mol. The average molecular weight is 290 g/mol. The Morgan fingerprint density at radius 3 is 2.94 bits per heavy atom. The van der Waals surface area contributed by atoms with Crippen LogP contribution in [0.1, 0.15) is 19.8 Å². The maximum Gasteiger partial charge on any atom is 0.136 e. The summed E-state index contributed by atoms with van der Waals surface area (Å²) < 4.78 is 19.2. The summed E-state index contributed by atoms with van der Waals surface area (Å²) >= 11 is 3.32. The van der Waals surface area contributed by atoms with Crippen LogP contribution in [0, 0.1) is 5.82 Å². The predicted octanol–water partition coefficient (Wildman–Crippen LogP) is 3.36. The van der Waals surface area contributed by atoms with E-state index in [9.17, 15) is 4.39 Å². The fourth-order valence-electron chi connectivity index (χ4n) is 1.30. The molecular formula is C12H17BrFNO. The van der Waals surface area contributed by atoms with Crippen molar-refractivity contribution in [3.05, 3.63) is 28.5 Å². The first-order valence-electron chi connectivity index (χ1n) is 5.52. The number of rotatable bonds is 7. The molecule has 0 aliphatic heterocycles. The maximum absolute atomic E-state index is 12.9. The van der Waals surface area contributed by atoms with Crippen LogP contribution in [-0.4, -0.2) is 19.7 Å². The Morgan fingerprint density at radius 1 is 1.38 bits per heavy atom. The summed E-state index contributed by atoms with van der Waals surface area (Å²) in [7, 11) is 0. The highest BCUT2D eigenvalue weighted by atomic mass is 79.9. The van der Waals surface area contributed by atoms with E-state index >= 15 is 0 Å². The Balaban J connectivity index is 2.23. The molecule has 4 heteroatoms. The molecule has 0 aliphatic carbocycles. The minimum Gasteiger partial charge on any atom is -0.492 e. The third-order valence-electron chi connectivity index (χ3n) is 2.15. The van der Waals surface area contributed by atoms with E-state index in [1.54, 1.807) is 6.07 Å². The zero-order valence-corrected chi connectivity index (χ0v) is 11.0. The van der Waals surface area contributed by atoms with Crippen molar-refractivity contribution in [2.45, 2.75) is 19.8 Å². The number of nitrogens with one attached hydrogen (secondary N) is 1. The molecule has 1 aromatic rings. The zero-order valence-electron chi connectivity index (χ0n) is 9.43. The third kappa shape index (κ3) is 4.94. The number of hydrogen-bond donors (Lipinski definition) is 1. The molecule has 0 aliphatic rings. The van der Waals surface area contributed by atoms with Gasteiger partial charge in [0.15, 0.2) is 0 Å². The van der Waals surface area contributed by atoms with Gasteiger partial charge in [0.25, 0.3) is 0 Å². The SMILES string of the molecule is CCNCCCCOc1cc(F)ccc1Br. The minimum atomic E-state index is -0.272. The van der Waals surface area contributed by atoms with Crippen LogP contribution in [0.2, 0.25) is 0 Å². The predicted molar refractivity (Wildman–Crippen MR) is 67.4 cm³/mol. The van der Waals surface area contributed by atoms with Gasteiger partial charge in [-0.05, 0) is 54.0 Å². The van der Waals surface area contributed by atoms with E-state index < -0.39 is 0 Å². The normalized spacial score (nSPS) is 10.4. The van der Waals surface area contributed by atoms with E-state index in [-0.39, 0.29) is 5.82 Å². The van der Waals surface area contributed by atoms with Gasteiger partial charge in [-0.1, -0.05) is 6.92 Å². The van der Waals surface area contributed by atoms with Crippen LogP contribution in [0.3, 0.4) is 0 Å². The molecule has 0 atom stereocenters. The number of halogens is 2. The van der Waals surface area contributed by atoms with E-state index in [4.69, 9.17) is 4.74 Å². The van der Waals surface area contributed by atoms with Crippen LogP contribution < -0.4 is 10.1 Å². The van der Waals surface area contributed by atoms with Crippen molar-refractivity contribution in [2.75, 3.05) is 19.7 Å². The van der Waals surface area contributed by atoms with E-state index in [0.717, 1.165) is 30.4 Å². The molecule has 0 saturated heterocycles. The van der Waals surface area contributed by atoms with Crippen molar-refractivity contribution in [2.24, 2.45) is 0 Å². The summed E-state index contributed by atoms with van der Waals surface area (Å²) in [5, 5.41) is 3.24. The Bertz CT molecular complexity index is 320. The van der Waals surface area contributed by atoms with Crippen molar-refractivity contribution in [1.29, 1.82) is 0 Å². The lowest BCUT2D eigenvalue weighted by molar-refractivity contribution is 0.302. The van der Waals surface area contributed by atoms with Gasteiger partial charge in [-0.25, -0.2) is 4.39 Å². The van der Waals surface area contributed by atoms with Gasteiger partial charge in [0.05, 0.1) is 11.1 Å². The highest BCUT2D eigenvalue weighted by Crippen LogP contribution is 2.25. The molecule has 2 nitrogen and oxygen atoms in total. The molecule has 0 amide bonds. The lowest BCUT2D eigenvalue weighted by atomic mass is 10.3. The number of unbranched alkanes of at least 4 members (excludes halogenated alkanes) is 1. The topological polar surface area (TPSA) is 21.3 Å². The Kier molecular flexibility index (Phi) is 6.42. The van der Waals surface area contributed by atoms with E-state index in [1.807, 2.05) is 0 Å². The van der Waals surface area contributed by atoms with Crippen molar-refractivity contribution < 1.29 is 9.13 Å². The molecule has 0 spiro atoms. The first-order chi connectivity index (χ1) is 7.74. The van der Waals surface area contributed by atoms with Crippen molar-refractivity contribution in [3.8, 4) is 5.75 Å². The fourth-order valence-corrected chi connectivity index (χ4v) is 1.66. The number of benzene rings is 1. The smallest absolute Gasteiger partial charge is 0.136 e. The summed E-state index contributed by atoms with van der Waals surface area (Å²) in [6.45, 7) is 4.70. The molecule has 0 heterocycles. The van der Waals surface area contributed by atoms with Crippen LogP contribution in [-0.2, 0) is 0 Å². The van der Waals surface area contributed by atoms with E-state index in [2.05, 4.69) is 28.2 Å². The summed E-state index contributed by atoms with van der Waals surface area (Å²) in [5.41, 5.74) is 0. The Hall–Kier alpha value is -0.610. The average Bonchev–Trinajstić information content (AvgIpc) is 2.28. The van der Waals surface area contributed by atoms with Gasteiger partial charge in [-0.15, -0.1) is 0 Å². The first kappa shape index (κ1) is 13.5. The van der Waals surface area contributed by atoms with Gasteiger partial charge in [0.2, 0.25) is 0 Å². The Morgan fingerprint density at radius 2 is 2.19 bits per heavy atom. The highest BCUT2D eigenvalue weighted by Gasteiger charge is 2.02. The number of hydrogen-bond acceptors (Lipinski definition) is 2. The summed E-state index contributed by atoms with van der Waals surface area (Å²) in [5.74, 6) is 0.300. The van der Waals surface area contributed by atoms with Gasteiger partial charge in [0, 0.05) is 6.07 Å². The standard InChI is InChI=1S/C12H17BrFNO/c1-2-15-7-3-4-8-16-12-9-10(14)5-6-11(12)13/h5-6,9,15H,2-4,7-8H2,1H3. The molecule has 0 saturated carbocycles. The van der Waals surface area contributed by atoms with Crippen LogP contribution in [0.25, 0.3) is 0 Å². The Labute approximate surface area is 104 Å². The molecule has 1 rings (SSSR count). The van der Waals surface area contributed by atoms with E-state index in [0.29, 0.717) is 12.4 Å². The minimum absolute atomic E-state index is 0.272. The third-order valence-corrected chi connectivity index (χ3v) is 2.80. The second kappa shape index (κ2) is 7.63. The molecule has 90 valence electrons. The molecule has 0 radical (unpaired) electrons. The van der Waals surface area contributed by atoms with Crippen molar-refractivity contribution in [3.63, 3.8) is 0 Å². The van der Waals surface area contributed by atoms with Gasteiger partial charge < -0.3 is 10.1 Å². The number of ether oxygens (including phenoxy) is 1. The van der Waals surface area contributed by atoms with Gasteiger partial charge in [-0.2, -0.15) is 0 Å². The molecular weight excluding hydrogens is 273 g/mol. The summed E-state index contributed by atoms with van der Waals surface area (Å²) in [6, 6.07) is 4.46. The van der Waals surface area contributed by atoms with Crippen LogP contribution in [0.4, 0.5) is 4.39 Å². The summed E-state index contributed by atoms with van der Waals surface area (Å²) in [4.78, 5) is 0. The van der Waals surface area contributed by atoms with Crippen molar-refractivity contribution >= 4 is 15.9 Å². The second-order valence-corrected chi connectivity index (χ2v) is 4.34. The lowest BCUT2D eigenvalue weighted by Crippen LogP contribution is -2.14. The largest absolute Gasteiger partial charge is 0.492 e. The second-order valence-electron chi connectivity index (χ2n) is 3.48. The van der Waals surface area contributed by atoms with Crippen molar-refractivity contribution in [1.82, 2.24) is 5.32 Å². The zero-order chi connectivity index (χ0) is 11.8. The molecule has 1 aromatic carbocycles. The van der Waals surface area contributed by atoms with Gasteiger partial charge in [0.1, 0.15) is 11.6 Å². The lowest BCUT2D eigenvalue weighted by Gasteiger charge is -2.08. The quantitative estimate of drug-likeness (QED) is 0.777. The van der Waals surface area contributed by atoms with Gasteiger partial charge >= 0.3 is 0 Å². The molecule has 1 N–H and O–H groups in total. The molecule has 0 bridgehead atoms. The molecule has 0 fully saturated rings. The van der Waals surface area contributed by atoms with Crippen LogP contribution in [0.15, 0.2) is 22.7 Å². The highest BCUT2D eigenvalue weighted by molar-refractivity contribution is 9.10. The molecule has 0 aromatic heterocycles. The maximum atomic E-state index is 12.9.